The van der Waals surface area contributed by atoms with Crippen LogP contribution >= 0.6 is 0 Å². The van der Waals surface area contributed by atoms with Crippen LogP contribution in [0.15, 0.2) is 0 Å². The van der Waals surface area contributed by atoms with Crippen molar-refractivity contribution in [2.75, 3.05) is 6.61 Å². The fourth-order valence-electron chi connectivity index (χ4n) is 6.71. The van der Waals surface area contributed by atoms with Crippen LogP contribution in [-0.2, 0) is 4.74 Å². The van der Waals surface area contributed by atoms with E-state index >= 15 is 0 Å². The molecule has 4 aliphatic carbocycles. The molecule has 1 heteroatoms. The first-order chi connectivity index (χ1) is 8.83. The summed E-state index contributed by atoms with van der Waals surface area (Å²) in [4.78, 5) is 0. The van der Waals surface area contributed by atoms with E-state index in [9.17, 15) is 0 Å². The molecule has 1 saturated heterocycles. The zero-order valence-corrected chi connectivity index (χ0v) is 12.1. The van der Waals surface area contributed by atoms with Gasteiger partial charge in [-0.1, -0.05) is 20.8 Å². The van der Waals surface area contributed by atoms with Crippen molar-refractivity contribution in [1.29, 1.82) is 0 Å². The van der Waals surface area contributed by atoms with Gasteiger partial charge in [-0.05, 0) is 73.0 Å². The van der Waals surface area contributed by atoms with E-state index in [0.29, 0.717) is 6.10 Å². The second-order valence-corrected chi connectivity index (χ2v) is 7.46. The zero-order chi connectivity index (χ0) is 12.4. The lowest BCUT2D eigenvalue weighted by atomic mass is 9.64. The van der Waals surface area contributed by atoms with E-state index < -0.39 is 0 Å². The molecule has 0 aromatic carbocycles. The maximum absolute atomic E-state index is 5.59. The zero-order valence-electron chi connectivity index (χ0n) is 12.1. The lowest BCUT2D eigenvalue weighted by Gasteiger charge is -2.40. The molecule has 0 aromatic rings. The molecule has 1 nitrogen and oxygen atoms in total. The minimum absolute atomic E-state index is 0.701. The maximum Gasteiger partial charge on any atom is 0.0840 e. The third-order valence-corrected chi connectivity index (χ3v) is 7.04. The molecule has 4 saturated carbocycles. The number of epoxide rings is 1. The highest BCUT2D eigenvalue weighted by atomic mass is 16.6. The second kappa shape index (κ2) is 3.98. The van der Waals surface area contributed by atoms with Crippen LogP contribution in [0.3, 0.4) is 0 Å². The Kier molecular flexibility index (Phi) is 2.60. The van der Waals surface area contributed by atoms with Gasteiger partial charge in [-0.25, -0.2) is 0 Å². The van der Waals surface area contributed by atoms with Crippen molar-refractivity contribution in [3.05, 3.63) is 0 Å². The number of fused-ring (bicyclic) bond motifs is 9. The summed E-state index contributed by atoms with van der Waals surface area (Å²) in [7, 11) is 0. The molecule has 9 unspecified atom stereocenters. The monoisotopic (exact) mass is 248 g/mol. The van der Waals surface area contributed by atoms with Crippen molar-refractivity contribution < 1.29 is 4.74 Å². The van der Waals surface area contributed by atoms with Crippen LogP contribution in [0.25, 0.3) is 0 Å². The standard InChI is InChI=1S/C15H22O.C2H6/c1-7-2-8-3-10(7)14-9-4-11(13-6-16-13)12(5-9)15(8)14;1-2/h7-15H,2-6H2,1H3;1-2H3. The highest BCUT2D eigenvalue weighted by Crippen LogP contribution is 2.70. The van der Waals surface area contributed by atoms with Crippen molar-refractivity contribution in [3.63, 3.8) is 0 Å². The number of hydrogen-bond donors (Lipinski definition) is 0. The first-order valence-corrected chi connectivity index (χ1v) is 8.44. The van der Waals surface area contributed by atoms with Gasteiger partial charge in [0.15, 0.2) is 0 Å². The van der Waals surface area contributed by atoms with Gasteiger partial charge in [0.2, 0.25) is 0 Å². The Hall–Kier alpha value is -0.0400. The van der Waals surface area contributed by atoms with Gasteiger partial charge in [0.05, 0.1) is 12.7 Å². The number of hydrogen-bond acceptors (Lipinski definition) is 1. The fraction of sp³-hybridized carbons (Fsp3) is 1.00. The predicted octanol–water partition coefficient (Wildman–Crippen LogP) is 3.98. The Labute approximate surface area is 112 Å². The third-order valence-electron chi connectivity index (χ3n) is 7.04. The molecule has 4 bridgehead atoms. The van der Waals surface area contributed by atoms with E-state index in [-0.39, 0.29) is 0 Å². The molecule has 18 heavy (non-hydrogen) atoms. The maximum atomic E-state index is 5.59. The van der Waals surface area contributed by atoms with Crippen LogP contribution in [0.4, 0.5) is 0 Å². The molecule has 1 heterocycles. The van der Waals surface area contributed by atoms with Crippen molar-refractivity contribution in [3.8, 4) is 0 Å². The molecular formula is C17H28O. The number of rotatable bonds is 1. The summed E-state index contributed by atoms with van der Waals surface area (Å²) in [5, 5.41) is 0. The fourth-order valence-corrected chi connectivity index (χ4v) is 6.71. The first kappa shape index (κ1) is 11.8. The van der Waals surface area contributed by atoms with Gasteiger partial charge in [0.25, 0.3) is 0 Å². The van der Waals surface area contributed by atoms with Crippen LogP contribution in [0, 0.1) is 47.3 Å². The van der Waals surface area contributed by atoms with E-state index in [1.807, 2.05) is 13.8 Å². The van der Waals surface area contributed by atoms with Crippen molar-refractivity contribution in [1.82, 2.24) is 0 Å². The quantitative estimate of drug-likeness (QED) is 0.505. The lowest BCUT2D eigenvalue weighted by Crippen LogP contribution is -2.36. The van der Waals surface area contributed by atoms with Crippen LogP contribution < -0.4 is 0 Å². The van der Waals surface area contributed by atoms with Crippen LogP contribution in [0.5, 0.6) is 0 Å². The van der Waals surface area contributed by atoms with Gasteiger partial charge in [-0.15, -0.1) is 0 Å². The largest absolute Gasteiger partial charge is 0.373 e. The molecule has 0 aromatic heterocycles. The minimum atomic E-state index is 0.701. The van der Waals surface area contributed by atoms with E-state index in [1.54, 1.807) is 19.3 Å². The highest BCUT2D eigenvalue weighted by molar-refractivity contribution is 5.13. The molecule has 5 aliphatic rings. The average Bonchev–Trinajstić information content (AvgIpc) is 2.78. The summed E-state index contributed by atoms with van der Waals surface area (Å²) in [6.07, 6.45) is 6.98. The summed E-state index contributed by atoms with van der Waals surface area (Å²) in [6, 6.07) is 0. The predicted molar refractivity (Wildman–Crippen MR) is 73.2 cm³/mol. The van der Waals surface area contributed by atoms with Gasteiger partial charge < -0.3 is 4.74 Å². The molecule has 0 amide bonds. The first-order valence-electron chi connectivity index (χ1n) is 8.44. The second-order valence-electron chi connectivity index (χ2n) is 7.46. The Balaban J connectivity index is 0.000000423. The topological polar surface area (TPSA) is 12.5 Å². The van der Waals surface area contributed by atoms with Crippen LogP contribution in [-0.4, -0.2) is 12.7 Å². The van der Waals surface area contributed by atoms with Gasteiger partial charge in [0.1, 0.15) is 0 Å². The van der Waals surface area contributed by atoms with Crippen LogP contribution in [0.2, 0.25) is 0 Å². The summed E-state index contributed by atoms with van der Waals surface area (Å²) < 4.78 is 5.59. The van der Waals surface area contributed by atoms with E-state index in [1.165, 1.54) is 6.42 Å². The Morgan fingerprint density at radius 2 is 1.33 bits per heavy atom. The van der Waals surface area contributed by atoms with Gasteiger partial charge in [-0.3, -0.25) is 0 Å². The number of ether oxygens (including phenoxy) is 1. The molecule has 0 N–H and O–H groups in total. The van der Waals surface area contributed by atoms with Gasteiger partial charge in [0, 0.05) is 0 Å². The third kappa shape index (κ3) is 1.38. The van der Waals surface area contributed by atoms with Crippen molar-refractivity contribution >= 4 is 0 Å². The Bertz CT molecular complexity index is 335. The van der Waals surface area contributed by atoms with Crippen LogP contribution in [0.1, 0.15) is 46.5 Å². The normalized spacial score (nSPS) is 62.5. The van der Waals surface area contributed by atoms with E-state index in [4.69, 9.17) is 4.74 Å². The molecule has 9 atom stereocenters. The van der Waals surface area contributed by atoms with Gasteiger partial charge in [-0.2, -0.15) is 0 Å². The summed E-state index contributed by atoms with van der Waals surface area (Å²) >= 11 is 0. The molecule has 0 spiro atoms. The summed E-state index contributed by atoms with van der Waals surface area (Å²) in [5.74, 6) is 8.81. The minimum Gasteiger partial charge on any atom is -0.373 e. The van der Waals surface area contributed by atoms with Crippen molar-refractivity contribution in [2.45, 2.75) is 52.6 Å². The van der Waals surface area contributed by atoms with E-state index in [2.05, 4.69) is 6.92 Å². The molecule has 1 aliphatic heterocycles. The average molecular weight is 248 g/mol. The van der Waals surface area contributed by atoms with Crippen molar-refractivity contribution in [2.24, 2.45) is 47.3 Å². The summed E-state index contributed by atoms with van der Waals surface area (Å²) in [5.41, 5.74) is 0. The van der Waals surface area contributed by atoms with E-state index in [0.717, 1.165) is 54.0 Å². The summed E-state index contributed by atoms with van der Waals surface area (Å²) in [6.45, 7) is 7.62. The molecule has 5 fully saturated rings. The molecule has 5 rings (SSSR count). The molecule has 102 valence electrons. The SMILES string of the molecule is CC.CC1CC2CC1C1C3CC(C4CO4)C(C3)C21. The molecule has 0 radical (unpaired) electrons. The smallest absolute Gasteiger partial charge is 0.0840 e. The van der Waals surface area contributed by atoms with Gasteiger partial charge >= 0.3 is 0 Å². The lowest BCUT2D eigenvalue weighted by molar-refractivity contribution is 0.0688. The highest BCUT2D eigenvalue weighted by Gasteiger charge is 2.65. The Morgan fingerprint density at radius 3 is 2.06 bits per heavy atom. The molecular weight excluding hydrogens is 220 g/mol. The Morgan fingerprint density at radius 1 is 0.778 bits per heavy atom.